The van der Waals surface area contributed by atoms with E-state index in [0.717, 1.165) is 43.2 Å². The molecule has 0 aliphatic carbocycles. The van der Waals surface area contributed by atoms with E-state index in [0.29, 0.717) is 0 Å². The summed E-state index contributed by atoms with van der Waals surface area (Å²) in [4.78, 5) is 11.7. The molecular weight excluding hydrogens is 298 g/mol. The van der Waals surface area contributed by atoms with Crippen LogP contribution in [0.1, 0.15) is 11.1 Å². The standard InChI is InChI=1S/C20H21N3O/c1-14-3-5-17(15(2)11-14)16-4-6-18-19(12-16)22-20(13-21-18)23-7-9-24-10-8-23/h3-6,11-13H,7-10H2,1-2H3. The zero-order valence-corrected chi connectivity index (χ0v) is 14.1. The van der Waals surface area contributed by atoms with Crippen LogP contribution in [-0.2, 0) is 4.74 Å². The van der Waals surface area contributed by atoms with Crippen LogP contribution in [0.5, 0.6) is 0 Å². The number of aromatic nitrogens is 2. The highest BCUT2D eigenvalue weighted by molar-refractivity contribution is 5.83. The lowest BCUT2D eigenvalue weighted by Gasteiger charge is -2.27. The van der Waals surface area contributed by atoms with E-state index in [1.807, 2.05) is 6.20 Å². The molecule has 24 heavy (non-hydrogen) atoms. The molecule has 1 saturated heterocycles. The van der Waals surface area contributed by atoms with Crippen molar-refractivity contribution in [1.29, 1.82) is 0 Å². The first-order valence-corrected chi connectivity index (χ1v) is 8.38. The molecule has 0 atom stereocenters. The van der Waals surface area contributed by atoms with Gasteiger partial charge in [0.1, 0.15) is 5.82 Å². The van der Waals surface area contributed by atoms with Gasteiger partial charge >= 0.3 is 0 Å². The summed E-state index contributed by atoms with van der Waals surface area (Å²) in [6, 6.07) is 12.9. The van der Waals surface area contributed by atoms with E-state index in [1.54, 1.807) is 0 Å². The normalized spacial score (nSPS) is 15.0. The van der Waals surface area contributed by atoms with Gasteiger partial charge in [-0.1, -0.05) is 29.8 Å². The van der Waals surface area contributed by atoms with Crippen molar-refractivity contribution in [3.8, 4) is 11.1 Å². The van der Waals surface area contributed by atoms with E-state index in [1.165, 1.54) is 22.3 Å². The molecule has 1 fully saturated rings. The van der Waals surface area contributed by atoms with E-state index < -0.39 is 0 Å². The molecule has 122 valence electrons. The van der Waals surface area contributed by atoms with Crippen LogP contribution in [0.4, 0.5) is 5.82 Å². The van der Waals surface area contributed by atoms with Gasteiger partial charge in [0.25, 0.3) is 0 Å². The van der Waals surface area contributed by atoms with Gasteiger partial charge in [-0.05, 0) is 42.7 Å². The fourth-order valence-corrected chi connectivity index (χ4v) is 3.25. The van der Waals surface area contributed by atoms with Gasteiger partial charge in [-0.2, -0.15) is 0 Å². The predicted molar refractivity (Wildman–Crippen MR) is 97.5 cm³/mol. The molecule has 0 bridgehead atoms. The van der Waals surface area contributed by atoms with Gasteiger partial charge in [-0.25, -0.2) is 4.98 Å². The number of rotatable bonds is 2. The molecule has 4 heteroatoms. The van der Waals surface area contributed by atoms with Crippen molar-refractivity contribution in [1.82, 2.24) is 9.97 Å². The van der Waals surface area contributed by atoms with Crippen LogP contribution in [0.2, 0.25) is 0 Å². The van der Waals surface area contributed by atoms with Crippen molar-refractivity contribution < 1.29 is 4.74 Å². The molecule has 0 radical (unpaired) electrons. The van der Waals surface area contributed by atoms with E-state index in [2.05, 4.69) is 60.1 Å². The van der Waals surface area contributed by atoms with Gasteiger partial charge in [0.05, 0.1) is 30.4 Å². The average Bonchev–Trinajstić information content (AvgIpc) is 2.61. The first-order valence-electron chi connectivity index (χ1n) is 8.38. The Hall–Kier alpha value is -2.46. The van der Waals surface area contributed by atoms with E-state index >= 15 is 0 Å². The second-order valence-electron chi connectivity index (χ2n) is 6.35. The molecule has 0 spiro atoms. The monoisotopic (exact) mass is 319 g/mol. The highest BCUT2D eigenvalue weighted by Crippen LogP contribution is 2.27. The lowest BCUT2D eigenvalue weighted by atomic mass is 9.98. The number of anilines is 1. The van der Waals surface area contributed by atoms with Gasteiger partial charge in [-0.3, -0.25) is 4.98 Å². The highest BCUT2D eigenvalue weighted by Gasteiger charge is 2.13. The first-order chi connectivity index (χ1) is 11.7. The molecule has 2 aromatic carbocycles. The van der Waals surface area contributed by atoms with Crippen molar-refractivity contribution in [2.75, 3.05) is 31.2 Å². The summed E-state index contributed by atoms with van der Waals surface area (Å²) in [6.07, 6.45) is 1.87. The first kappa shape index (κ1) is 15.1. The highest BCUT2D eigenvalue weighted by atomic mass is 16.5. The third-order valence-electron chi connectivity index (χ3n) is 4.56. The number of ether oxygens (including phenoxy) is 1. The minimum atomic E-state index is 0.752. The van der Waals surface area contributed by atoms with Crippen LogP contribution in [0.25, 0.3) is 22.2 Å². The second-order valence-corrected chi connectivity index (χ2v) is 6.35. The average molecular weight is 319 g/mol. The number of nitrogens with zero attached hydrogens (tertiary/aromatic N) is 3. The van der Waals surface area contributed by atoms with Crippen LogP contribution in [-0.4, -0.2) is 36.3 Å². The lowest BCUT2D eigenvalue weighted by Crippen LogP contribution is -2.36. The Bertz CT molecular complexity index is 885. The fourth-order valence-electron chi connectivity index (χ4n) is 3.25. The molecular formula is C20H21N3O. The maximum absolute atomic E-state index is 5.42. The fraction of sp³-hybridized carbons (Fsp3) is 0.300. The molecule has 0 N–H and O–H groups in total. The second kappa shape index (κ2) is 6.21. The van der Waals surface area contributed by atoms with Crippen LogP contribution in [0, 0.1) is 13.8 Å². The van der Waals surface area contributed by atoms with E-state index in [9.17, 15) is 0 Å². The van der Waals surface area contributed by atoms with Gasteiger partial charge in [0, 0.05) is 13.1 Å². The van der Waals surface area contributed by atoms with Gasteiger partial charge < -0.3 is 9.64 Å². The van der Waals surface area contributed by atoms with Crippen molar-refractivity contribution in [3.05, 3.63) is 53.7 Å². The largest absolute Gasteiger partial charge is 0.378 e. The Morgan fingerprint density at radius 2 is 1.79 bits per heavy atom. The van der Waals surface area contributed by atoms with Crippen LogP contribution in [0.15, 0.2) is 42.6 Å². The molecule has 2 heterocycles. The van der Waals surface area contributed by atoms with Gasteiger partial charge in [0.15, 0.2) is 0 Å². The zero-order valence-electron chi connectivity index (χ0n) is 14.1. The quantitative estimate of drug-likeness (QED) is 0.721. The molecule has 1 aromatic heterocycles. The molecule has 4 rings (SSSR count). The minimum Gasteiger partial charge on any atom is -0.378 e. The smallest absolute Gasteiger partial charge is 0.148 e. The van der Waals surface area contributed by atoms with Crippen molar-refractivity contribution in [2.45, 2.75) is 13.8 Å². The molecule has 0 saturated carbocycles. The number of fused-ring (bicyclic) bond motifs is 1. The molecule has 0 unspecified atom stereocenters. The van der Waals surface area contributed by atoms with E-state index in [-0.39, 0.29) is 0 Å². The SMILES string of the molecule is Cc1ccc(-c2ccc3ncc(N4CCOCC4)nc3c2)c(C)c1. The lowest BCUT2D eigenvalue weighted by molar-refractivity contribution is 0.122. The number of morpholine rings is 1. The molecule has 4 nitrogen and oxygen atoms in total. The third-order valence-corrected chi connectivity index (χ3v) is 4.56. The summed E-state index contributed by atoms with van der Waals surface area (Å²) in [5.41, 5.74) is 6.88. The Kier molecular flexibility index (Phi) is 3.90. The summed E-state index contributed by atoms with van der Waals surface area (Å²) in [7, 11) is 0. The summed E-state index contributed by atoms with van der Waals surface area (Å²) in [6.45, 7) is 7.53. The molecule has 1 aliphatic heterocycles. The van der Waals surface area contributed by atoms with Crippen molar-refractivity contribution in [3.63, 3.8) is 0 Å². The van der Waals surface area contributed by atoms with Crippen LogP contribution < -0.4 is 4.90 Å². The van der Waals surface area contributed by atoms with Crippen molar-refractivity contribution >= 4 is 16.9 Å². The number of hydrogen-bond donors (Lipinski definition) is 0. The maximum atomic E-state index is 5.42. The Morgan fingerprint density at radius 3 is 2.58 bits per heavy atom. The Labute approximate surface area is 142 Å². The third kappa shape index (κ3) is 2.85. The summed E-state index contributed by atoms with van der Waals surface area (Å²) >= 11 is 0. The Balaban J connectivity index is 1.75. The minimum absolute atomic E-state index is 0.752. The zero-order chi connectivity index (χ0) is 16.5. The summed E-state index contributed by atoms with van der Waals surface area (Å²) < 4.78 is 5.42. The Morgan fingerprint density at radius 1 is 0.958 bits per heavy atom. The van der Waals surface area contributed by atoms with Gasteiger partial charge in [0.2, 0.25) is 0 Å². The van der Waals surface area contributed by atoms with Crippen LogP contribution >= 0.6 is 0 Å². The summed E-state index contributed by atoms with van der Waals surface area (Å²) in [5.74, 6) is 0.934. The van der Waals surface area contributed by atoms with Gasteiger partial charge in [-0.15, -0.1) is 0 Å². The number of hydrogen-bond acceptors (Lipinski definition) is 4. The van der Waals surface area contributed by atoms with E-state index in [4.69, 9.17) is 9.72 Å². The topological polar surface area (TPSA) is 38.2 Å². The molecule has 3 aromatic rings. The number of benzene rings is 2. The summed E-state index contributed by atoms with van der Waals surface area (Å²) in [5, 5.41) is 0. The molecule has 0 amide bonds. The van der Waals surface area contributed by atoms with Crippen molar-refractivity contribution in [2.24, 2.45) is 0 Å². The maximum Gasteiger partial charge on any atom is 0.148 e. The van der Waals surface area contributed by atoms with Crippen LogP contribution in [0.3, 0.4) is 0 Å². The predicted octanol–water partition coefficient (Wildman–Crippen LogP) is 3.75. The number of aryl methyl sites for hydroxylation is 2. The molecule has 1 aliphatic rings.